The Bertz CT molecular complexity index is 252. The third-order valence-electron chi connectivity index (χ3n) is 4.07. The van der Waals surface area contributed by atoms with Crippen molar-refractivity contribution in [2.45, 2.75) is 69.3 Å². The molecule has 3 heteroatoms. The lowest BCUT2D eigenvalue weighted by atomic mass is 9.75. The highest BCUT2D eigenvalue weighted by Crippen LogP contribution is 2.50. The van der Waals surface area contributed by atoms with E-state index < -0.39 is 0 Å². The maximum atomic E-state index is 9.72. The number of aliphatic hydroxyl groups excluding tert-OH is 1. The molecule has 0 aromatic carbocycles. The van der Waals surface area contributed by atoms with Gasteiger partial charge in [-0.2, -0.15) is 0 Å². The van der Waals surface area contributed by atoms with Crippen LogP contribution in [0.4, 0.5) is 0 Å². The normalized spacial score (nSPS) is 44.8. The summed E-state index contributed by atoms with van der Waals surface area (Å²) in [6.45, 7) is 8.76. The van der Waals surface area contributed by atoms with Crippen LogP contribution in [-0.4, -0.2) is 27.5 Å². The summed E-state index contributed by atoms with van der Waals surface area (Å²) in [7, 11) is 0. The van der Waals surface area contributed by atoms with Gasteiger partial charge in [0.15, 0.2) is 0 Å². The van der Waals surface area contributed by atoms with E-state index in [0.717, 1.165) is 12.3 Å². The first-order valence-corrected chi connectivity index (χ1v) is 7.29. The highest BCUT2D eigenvalue weighted by Gasteiger charge is 2.47. The predicted octanol–water partition coefficient (Wildman–Crippen LogP) is 3.04. The van der Waals surface area contributed by atoms with Crippen molar-refractivity contribution in [1.29, 1.82) is 0 Å². The molecule has 1 saturated heterocycles. The van der Waals surface area contributed by atoms with Crippen molar-refractivity contribution in [3.63, 3.8) is 0 Å². The first kappa shape index (κ1) is 12.7. The van der Waals surface area contributed by atoms with Crippen molar-refractivity contribution in [1.82, 2.24) is 0 Å². The van der Waals surface area contributed by atoms with E-state index in [9.17, 15) is 5.11 Å². The topological polar surface area (TPSA) is 29.5 Å². The van der Waals surface area contributed by atoms with E-state index in [2.05, 4.69) is 20.8 Å². The van der Waals surface area contributed by atoms with Gasteiger partial charge in [-0.1, -0.05) is 27.2 Å². The van der Waals surface area contributed by atoms with Crippen LogP contribution in [0.5, 0.6) is 0 Å². The number of rotatable bonds is 1. The zero-order valence-electron chi connectivity index (χ0n) is 10.8. The van der Waals surface area contributed by atoms with Crippen LogP contribution in [0.15, 0.2) is 0 Å². The van der Waals surface area contributed by atoms with Gasteiger partial charge in [-0.05, 0) is 31.6 Å². The number of fused-ring (bicyclic) bond motifs is 1. The number of aliphatic hydroxyl groups is 1. The Morgan fingerprint density at radius 1 is 1.38 bits per heavy atom. The fourth-order valence-electron chi connectivity index (χ4n) is 3.07. The Morgan fingerprint density at radius 2 is 2.06 bits per heavy atom. The van der Waals surface area contributed by atoms with E-state index in [-0.39, 0.29) is 16.3 Å². The van der Waals surface area contributed by atoms with Crippen LogP contribution < -0.4 is 0 Å². The summed E-state index contributed by atoms with van der Waals surface area (Å²) in [4.78, 5) is 0. The van der Waals surface area contributed by atoms with Crippen LogP contribution in [0.3, 0.4) is 0 Å². The van der Waals surface area contributed by atoms with Gasteiger partial charge in [-0.25, -0.2) is 0 Å². The lowest BCUT2D eigenvalue weighted by Crippen LogP contribution is -2.51. The molecule has 1 heterocycles. The molecule has 94 valence electrons. The van der Waals surface area contributed by atoms with Crippen molar-refractivity contribution < 1.29 is 9.84 Å². The average molecular weight is 244 g/mol. The van der Waals surface area contributed by atoms with Crippen molar-refractivity contribution in [3.8, 4) is 0 Å². The van der Waals surface area contributed by atoms with E-state index in [4.69, 9.17) is 4.74 Å². The summed E-state index contributed by atoms with van der Waals surface area (Å²) in [6.07, 6.45) is 3.76. The molecule has 2 aliphatic rings. The zero-order chi connectivity index (χ0) is 11.9. The standard InChI is InChI=1S/C13H24O2S/c1-8-5-6-10-11(7-8)15-12(9(2)14)16-13(10,3)4/h8-12,14H,5-7H2,1-4H3/t8-,9+,10-,11-,12-/m1/s1. The molecule has 5 atom stereocenters. The first-order valence-electron chi connectivity index (χ1n) is 6.41. The Labute approximate surface area is 103 Å². The van der Waals surface area contributed by atoms with Crippen LogP contribution in [-0.2, 0) is 4.74 Å². The van der Waals surface area contributed by atoms with Gasteiger partial charge < -0.3 is 9.84 Å². The van der Waals surface area contributed by atoms with E-state index in [0.29, 0.717) is 12.0 Å². The quantitative estimate of drug-likeness (QED) is 0.769. The smallest absolute Gasteiger partial charge is 0.129 e. The first-order chi connectivity index (χ1) is 7.40. The summed E-state index contributed by atoms with van der Waals surface area (Å²) in [6, 6.07) is 0. The van der Waals surface area contributed by atoms with E-state index in [1.165, 1.54) is 12.8 Å². The lowest BCUT2D eigenvalue weighted by molar-refractivity contribution is -0.0890. The average Bonchev–Trinajstić information content (AvgIpc) is 2.15. The minimum atomic E-state index is -0.373. The maximum absolute atomic E-state index is 9.72. The van der Waals surface area contributed by atoms with Crippen molar-refractivity contribution in [3.05, 3.63) is 0 Å². The molecule has 0 unspecified atom stereocenters. The minimum absolute atomic E-state index is 0.0402. The number of hydrogen-bond donors (Lipinski definition) is 1. The van der Waals surface area contributed by atoms with Gasteiger partial charge in [0.1, 0.15) is 5.44 Å². The van der Waals surface area contributed by atoms with E-state index in [1.807, 2.05) is 18.7 Å². The molecular weight excluding hydrogens is 220 g/mol. The number of ether oxygens (including phenoxy) is 1. The van der Waals surface area contributed by atoms with Crippen LogP contribution >= 0.6 is 11.8 Å². The van der Waals surface area contributed by atoms with Gasteiger partial charge >= 0.3 is 0 Å². The summed E-state index contributed by atoms with van der Waals surface area (Å²) < 4.78 is 6.31. The second-order valence-electron chi connectivity index (χ2n) is 6.03. The molecule has 1 N–H and O–H groups in total. The maximum Gasteiger partial charge on any atom is 0.129 e. The fourth-order valence-corrected chi connectivity index (χ4v) is 4.51. The van der Waals surface area contributed by atoms with Crippen LogP contribution in [0, 0.1) is 11.8 Å². The third kappa shape index (κ3) is 2.41. The Balaban J connectivity index is 2.12. The molecule has 1 aliphatic heterocycles. The minimum Gasteiger partial charge on any atom is -0.390 e. The summed E-state index contributed by atoms with van der Waals surface area (Å²) in [5, 5.41) is 9.72. The van der Waals surface area contributed by atoms with E-state index >= 15 is 0 Å². The van der Waals surface area contributed by atoms with Gasteiger partial charge in [-0.15, -0.1) is 11.8 Å². The zero-order valence-corrected chi connectivity index (χ0v) is 11.6. The van der Waals surface area contributed by atoms with Gasteiger partial charge in [0.25, 0.3) is 0 Å². The molecule has 2 rings (SSSR count). The second kappa shape index (κ2) is 4.51. The molecule has 0 spiro atoms. The van der Waals surface area contributed by atoms with Crippen LogP contribution in [0.1, 0.15) is 47.0 Å². The lowest BCUT2D eigenvalue weighted by Gasteiger charge is -2.50. The SMILES string of the molecule is C[C@@H]1CC[C@@H]2[C@@H](C1)O[C@@H]([C@H](C)O)SC2(C)C. The Morgan fingerprint density at radius 3 is 2.69 bits per heavy atom. The molecule has 1 saturated carbocycles. The van der Waals surface area contributed by atoms with Gasteiger partial charge in [0.05, 0.1) is 12.2 Å². The summed E-state index contributed by atoms with van der Waals surface area (Å²) in [5.74, 6) is 1.43. The third-order valence-corrected chi connectivity index (χ3v) is 5.72. The summed E-state index contributed by atoms with van der Waals surface area (Å²) >= 11 is 1.81. The van der Waals surface area contributed by atoms with Crippen LogP contribution in [0.25, 0.3) is 0 Å². The Hall–Kier alpha value is 0.270. The molecular formula is C13H24O2S. The second-order valence-corrected chi connectivity index (χ2v) is 7.78. The van der Waals surface area contributed by atoms with Gasteiger partial charge in [0, 0.05) is 4.75 Å². The molecule has 0 amide bonds. The molecule has 0 aromatic heterocycles. The molecule has 0 aromatic rings. The summed E-state index contributed by atoms with van der Waals surface area (Å²) in [5.41, 5.74) is -0.0402. The molecule has 0 bridgehead atoms. The van der Waals surface area contributed by atoms with Gasteiger partial charge in [-0.3, -0.25) is 0 Å². The molecule has 1 aliphatic carbocycles. The highest BCUT2D eigenvalue weighted by atomic mass is 32.2. The van der Waals surface area contributed by atoms with Crippen LogP contribution in [0.2, 0.25) is 0 Å². The molecule has 16 heavy (non-hydrogen) atoms. The Kier molecular flexibility index (Phi) is 3.58. The van der Waals surface area contributed by atoms with Crippen molar-refractivity contribution in [2.24, 2.45) is 11.8 Å². The molecule has 0 radical (unpaired) electrons. The fraction of sp³-hybridized carbons (Fsp3) is 1.00. The molecule has 2 fully saturated rings. The van der Waals surface area contributed by atoms with Crippen molar-refractivity contribution in [2.75, 3.05) is 0 Å². The van der Waals surface area contributed by atoms with E-state index in [1.54, 1.807) is 0 Å². The van der Waals surface area contributed by atoms with Crippen molar-refractivity contribution >= 4 is 11.8 Å². The molecule has 2 nitrogen and oxygen atoms in total. The predicted molar refractivity (Wildman–Crippen MR) is 68.5 cm³/mol. The number of hydrogen-bond acceptors (Lipinski definition) is 3. The monoisotopic (exact) mass is 244 g/mol. The highest BCUT2D eigenvalue weighted by molar-refractivity contribution is 8.01. The van der Waals surface area contributed by atoms with Gasteiger partial charge in [0.2, 0.25) is 0 Å². The number of thioether (sulfide) groups is 1. The largest absolute Gasteiger partial charge is 0.390 e.